The first kappa shape index (κ1) is 10.7. The van der Waals surface area contributed by atoms with Gasteiger partial charge in [0.2, 0.25) is 0 Å². The molecule has 0 aliphatic carbocycles. The van der Waals surface area contributed by atoms with Crippen LogP contribution in [-0.2, 0) is 7.05 Å². The number of nitrogens with zero attached hydrogens (tertiary/aromatic N) is 2. The van der Waals surface area contributed by atoms with Crippen LogP contribution < -0.4 is 0 Å². The summed E-state index contributed by atoms with van der Waals surface area (Å²) in [5.41, 5.74) is 1.87. The van der Waals surface area contributed by atoms with Gasteiger partial charge < -0.3 is 9.47 Å². The number of fused-ring (bicyclic) bond motifs is 1. The molecule has 0 bridgehead atoms. The number of benzene rings is 1. The average Bonchev–Trinajstić information content (AvgIpc) is 2.65. The molecular weight excluding hydrogens is 200 g/mol. The summed E-state index contributed by atoms with van der Waals surface area (Å²) < 4.78 is 1.99. The van der Waals surface area contributed by atoms with Gasteiger partial charge in [0.25, 0.3) is 5.91 Å². The van der Waals surface area contributed by atoms with Crippen LogP contribution in [0.1, 0.15) is 17.3 Å². The van der Waals surface area contributed by atoms with Gasteiger partial charge in [-0.1, -0.05) is 18.2 Å². The van der Waals surface area contributed by atoms with Crippen molar-refractivity contribution in [2.45, 2.75) is 6.92 Å². The summed E-state index contributed by atoms with van der Waals surface area (Å²) in [5, 5.41) is 1.02. The molecule has 0 aliphatic heterocycles. The van der Waals surface area contributed by atoms with Crippen LogP contribution in [0.2, 0.25) is 0 Å². The molecule has 0 atom stereocenters. The highest BCUT2D eigenvalue weighted by Gasteiger charge is 2.15. The summed E-state index contributed by atoms with van der Waals surface area (Å²) in [4.78, 5) is 13.8. The Bertz CT molecular complexity index is 528. The van der Waals surface area contributed by atoms with E-state index >= 15 is 0 Å². The lowest BCUT2D eigenvalue weighted by atomic mass is 10.1. The maximum absolute atomic E-state index is 12.1. The van der Waals surface area contributed by atoms with Gasteiger partial charge in [-0.15, -0.1) is 0 Å². The van der Waals surface area contributed by atoms with E-state index in [0.29, 0.717) is 0 Å². The number of amides is 1. The number of hydrogen-bond acceptors (Lipinski definition) is 1. The standard InChI is InChI=1S/C13H16N2O/c1-4-14(2)13(16)11-9-15(3)12-8-6-5-7-10(11)12/h5-9H,4H2,1-3H3. The summed E-state index contributed by atoms with van der Waals surface area (Å²) in [6.07, 6.45) is 1.90. The van der Waals surface area contributed by atoms with Gasteiger partial charge in [-0.2, -0.15) is 0 Å². The number of hydrogen-bond donors (Lipinski definition) is 0. The monoisotopic (exact) mass is 216 g/mol. The van der Waals surface area contributed by atoms with Crippen molar-refractivity contribution in [3.05, 3.63) is 36.0 Å². The zero-order valence-corrected chi connectivity index (χ0v) is 9.90. The van der Waals surface area contributed by atoms with Crippen LogP contribution >= 0.6 is 0 Å². The fourth-order valence-electron chi connectivity index (χ4n) is 1.86. The predicted octanol–water partition coefficient (Wildman–Crippen LogP) is 2.27. The van der Waals surface area contributed by atoms with Crippen molar-refractivity contribution in [3.63, 3.8) is 0 Å². The van der Waals surface area contributed by atoms with Gasteiger partial charge in [0.1, 0.15) is 0 Å². The van der Waals surface area contributed by atoms with E-state index in [-0.39, 0.29) is 5.91 Å². The summed E-state index contributed by atoms with van der Waals surface area (Å²) in [6, 6.07) is 7.97. The van der Waals surface area contributed by atoms with E-state index in [2.05, 4.69) is 0 Å². The van der Waals surface area contributed by atoms with E-state index < -0.39 is 0 Å². The van der Waals surface area contributed by atoms with Crippen molar-refractivity contribution < 1.29 is 4.79 Å². The molecule has 0 saturated heterocycles. The Labute approximate surface area is 95.3 Å². The minimum absolute atomic E-state index is 0.0827. The third kappa shape index (κ3) is 1.58. The molecule has 3 nitrogen and oxygen atoms in total. The van der Waals surface area contributed by atoms with Crippen molar-refractivity contribution in [2.24, 2.45) is 7.05 Å². The first-order valence-corrected chi connectivity index (χ1v) is 5.44. The van der Waals surface area contributed by atoms with Gasteiger partial charge in [0.15, 0.2) is 0 Å². The largest absolute Gasteiger partial charge is 0.350 e. The molecule has 0 fully saturated rings. The summed E-state index contributed by atoms with van der Waals surface area (Å²) in [5.74, 6) is 0.0827. The average molecular weight is 216 g/mol. The third-order valence-corrected chi connectivity index (χ3v) is 2.95. The van der Waals surface area contributed by atoms with Gasteiger partial charge in [0.05, 0.1) is 5.56 Å². The Kier molecular flexibility index (Phi) is 2.69. The van der Waals surface area contributed by atoms with Crippen LogP contribution in [0.5, 0.6) is 0 Å². The van der Waals surface area contributed by atoms with Crippen LogP contribution in [0.4, 0.5) is 0 Å². The number of aryl methyl sites for hydroxylation is 1. The van der Waals surface area contributed by atoms with Gasteiger partial charge in [-0.3, -0.25) is 4.79 Å². The summed E-state index contributed by atoms with van der Waals surface area (Å²) >= 11 is 0. The zero-order chi connectivity index (χ0) is 11.7. The molecule has 3 heteroatoms. The van der Waals surface area contributed by atoms with Crippen molar-refractivity contribution >= 4 is 16.8 Å². The second-order valence-electron chi connectivity index (χ2n) is 3.99. The molecule has 0 unspecified atom stereocenters. The smallest absolute Gasteiger partial charge is 0.255 e. The van der Waals surface area contributed by atoms with E-state index in [4.69, 9.17) is 0 Å². The lowest BCUT2D eigenvalue weighted by molar-refractivity contribution is 0.0804. The quantitative estimate of drug-likeness (QED) is 0.756. The minimum atomic E-state index is 0.0827. The Morgan fingerprint density at radius 2 is 2.06 bits per heavy atom. The number of rotatable bonds is 2. The van der Waals surface area contributed by atoms with Gasteiger partial charge in [0, 0.05) is 37.7 Å². The van der Waals surface area contributed by atoms with Crippen LogP contribution in [0.25, 0.3) is 10.9 Å². The minimum Gasteiger partial charge on any atom is -0.350 e. The van der Waals surface area contributed by atoms with E-state index in [9.17, 15) is 4.79 Å². The highest BCUT2D eigenvalue weighted by molar-refractivity contribution is 6.06. The van der Waals surface area contributed by atoms with Crippen LogP contribution in [-0.4, -0.2) is 29.0 Å². The van der Waals surface area contributed by atoms with Crippen LogP contribution in [0.3, 0.4) is 0 Å². The molecule has 0 spiro atoms. The molecule has 1 amide bonds. The van der Waals surface area contributed by atoms with Gasteiger partial charge >= 0.3 is 0 Å². The molecule has 0 radical (unpaired) electrons. The normalized spacial score (nSPS) is 10.7. The zero-order valence-electron chi connectivity index (χ0n) is 9.90. The Balaban J connectivity index is 2.57. The van der Waals surface area contributed by atoms with Crippen LogP contribution in [0.15, 0.2) is 30.5 Å². The molecule has 2 rings (SSSR count). The Morgan fingerprint density at radius 3 is 2.75 bits per heavy atom. The molecule has 1 aromatic carbocycles. The SMILES string of the molecule is CCN(C)C(=O)c1cn(C)c2ccccc12. The first-order valence-electron chi connectivity index (χ1n) is 5.44. The van der Waals surface area contributed by atoms with E-state index in [1.807, 2.05) is 56.0 Å². The molecule has 16 heavy (non-hydrogen) atoms. The van der Waals surface area contributed by atoms with E-state index in [0.717, 1.165) is 23.0 Å². The topological polar surface area (TPSA) is 25.2 Å². The number of aromatic nitrogens is 1. The fourth-order valence-corrected chi connectivity index (χ4v) is 1.86. The number of carbonyl (C=O) groups is 1. The second kappa shape index (κ2) is 4.00. The highest BCUT2D eigenvalue weighted by Crippen LogP contribution is 2.21. The van der Waals surface area contributed by atoms with Gasteiger partial charge in [-0.25, -0.2) is 0 Å². The third-order valence-electron chi connectivity index (χ3n) is 2.95. The van der Waals surface area contributed by atoms with Crippen molar-refractivity contribution in [1.29, 1.82) is 0 Å². The number of carbonyl (C=O) groups excluding carboxylic acids is 1. The summed E-state index contributed by atoms with van der Waals surface area (Å²) in [7, 11) is 3.79. The Morgan fingerprint density at radius 1 is 1.38 bits per heavy atom. The maximum Gasteiger partial charge on any atom is 0.255 e. The lowest BCUT2D eigenvalue weighted by Gasteiger charge is -2.13. The molecule has 0 aliphatic rings. The molecule has 0 N–H and O–H groups in total. The molecule has 1 heterocycles. The van der Waals surface area contributed by atoms with E-state index in [1.165, 1.54) is 0 Å². The van der Waals surface area contributed by atoms with Gasteiger partial charge in [-0.05, 0) is 13.0 Å². The van der Waals surface area contributed by atoms with Crippen molar-refractivity contribution in [1.82, 2.24) is 9.47 Å². The van der Waals surface area contributed by atoms with E-state index in [1.54, 1.807) is 4.90 Å². The molecular formula is C13H16N2O. The van der Waals surface area contributed by atoms with Crippen molar-refractivity contribution in [2.75, 3.05) is 13.6 Å². The lowest BCUT2D eigenvalue weighted by Crippen LogP contribution is -2.25. The summed E-state index contributed by atoms with van der Waals surface area (Å²) in [6.45, 7) is 2.70. The molecule has 84 valence electrons. The maximum atomic E-state index is 12.1. The predicted molar refractivity (Wildman–Crippen MR) is 65.6 cm³/mol. The molecule has 1 aromatic heterocycles. The number of para-hydroxylation sites is 1. The highest BCUT2D eigenvalue weighted by atomic mass is 16.2. The molecule has 0 saturated carbocycles. The Hall–Kier alpha value is -1.77. The fraction of sp³-hybridized carbons (Fsp3) is 0.308. The van der Waals surface area contributed by atoms with Crippen LogP contribution in [0, 0.1) is 0 Å². The first-order chi connectivity index (χ1) is 7.65. The molecule has 2 aromatic rings. The second-order valence-corrected chi connectivity index (χ2v) is 3.99. The van der Waals surface area contributed by atoms with Crippen molar-refractivity contribution in [3.8, 4) is 0 Å².